The van der Waals surface area contributed by atoms with Gasteiger partial charge in [-0.25, -0.2) is 0 Å². The number of hydrogen-bond donors (Lipinski definition) is 0. The molecule has 3 rings (SSSR count). The first-order valence-electron chi connectivity index (χ1n) is 9.56. The fourth-order valence-electron chi connectivity index (χ4n) is 3.23. The summed E-state index contributed by atoms with van der Waals surface area (Å²) in [7, 11) is 1.65. The first-order valence-corrected chi connectivity index (χ1v) is 9.94. The number of nitrogens with zero attached hydrogens (tertiary/aromatic N) is 1. The molecule has 6 heteroatoms. The van der Waals surface area contributed by atoms with Crippen molar-refractivity contribution >= 4 is 17.5 Å². The van der Waals surface area contributed by atoms with Crippen LogP contribution in [0, 0.1) is 0 Å². The molecule has 28 heavy (non-hydrogen) atoms. The van der Waals surface area contributed by atoms with Crippen molar-refractivity contribution in [2.45, 2.75) is 19.3 Å². The van der Waals surface area contributed by atoms with Crippen molar-refractivity contribution in [2.75, 3.05) is 40.0 Å². The second-order valence-electron chi connectivity index (χ2n) is 6.74. The first-order chi connectivity index (χ1) is 13.7. The zero-order valence-electron chi connectivity index (χ0n) is 16.2. The van der Waals surface area contributed by atoms with Crippen molar-refractivity contribution in [3.63, 3.8) is 0 Å². The van der Waals surface area contributed by atoms with Crippen LogP contribution in [-0.2, 0) is 22.4 Å². The lowest BCUT2D eigenvalue weighted by molar-refractivity contribution is -0.131. The van der Waals surface area contributed by atoms with Crippen LogP contribution in [-0.4, -0.2) is 50.8 Å². The fraction of sp³-hybridized carbons (Fsp3) is 0.409. The van der Waals surface area contributed by atoms with E-state index in [1.807, 2.05) is 29.2 Å². The molecule has 1 aliphatic heterocycles. The molecule has 0 spiro atoms. The highest BCUT2D eigenvalue weighted by Gasteiger charge is 2.19. The summed E-state index contributed by atoms with van der Waals surface area (Å²) in [5, 5.41) is 0.479. The van der Waals surface area contributed by atoms with E-state index in [1.54, 1.807) is 13.2 Å². The van der Waals surface area contributed by atoms with Crippen LogP contribution in [0.5, 0.6) is 11.5 Å². The van der Waals surface area contributed by atoms with Crippen LogP contribution in [0.1, 0.15) is 17.5 Å². The van der Waals surface area contributed by atoms with Gasteiger partial charge in [-0.15, -0.1) is 0 Å². The molecule has 5 nitrogen and oxygen atoms in total. The van der Waals surface area contributed by atoms with Crippen LogP contribution in [0.2, 0.25) is 5.02 Å². The zero-order valence-corrected chi connectivity index (χ0v) is 16.9. The van der Waals surface area contributed by atoms with E-state index in [1.165, 1.54) is 5.56 Å². The molecule has 0 N–H and O–H groups in total. The molecule has 0 bridgehead atoms. The minimum absolute atomic E-state index is 0.0536. The van der Waals surface area contributed by atoms with Gasteiger partial charge in [0, 0.05) is 20.2 Å². The van der Waals surface area contributed by atoms with Gasteiger partial charge in [0.15, 0.2) is 11.5 Å². The number of halogens is 1. The van der Waals surface area contributed by atoms with Crippen molar-refractivity contribution in [2.24, 2.45) is 0 Å². The standard InChI is InChI=1S/C22H26ClNO4/c1-26-11-10-24(9-5-8-17-6-3-2-4-7-17)21(25)16-18-14-19(23)22-20(15-18)27-12-13-28-22/h2-4,6-7,14-15H,5,8-13,16H2,1H3. The van der Waals surface area contributed by atoms with Crippen LogP contribution < -0.4 is 9.47 Å². The quantitative estimate of drug-likeness (QED) is 0.639. The summed E-state index contributed by atoms with van der Waals surface area (Å²) < 4.78 is 16.3. The predicted octanol–water partition coefficient (Wildman–Crippen LogP) is 3.76. The molecule has 0 radical (unpaired) electrons. The van der Waals surface area contributed by atoms with E-state index >= 15 is 0 Å². The van der Waals surface area contributed by atoms with E-state index in [2.05, 4.69) is 12.1 Å². The molecular weight excluding hydrogens is 378 g/mol. The third-order valence-electron chi connectivity index (χ3n) is 4.67. The van der Waals surface area contributed by atoms with Gasteiger partial charge < -0.3 is 19.1 Å². The molecule has 1 heterocycles. The lowest BCUT2D eigenvalue weighted by Crippen LogP contribution is -2.36. The van der Waals surface area contributed by atoms with Crippen LogP contribution in [0.25, 0.3) is 0 Å². The van der Waals surface area contributed by atoms with E-state index in [-0.39, 0.29) is 12.3 Å². The lowest BCUT2D eigenvalue weighted by Gasteiger charge is -2.24. The number of carbonyl (C=O) groups is 1. The summed E-state index contributed by atoms with van der Waals surface area (Å²) in [6.45, 7) is 2.74. The van der Waals surface area contributed by atoms with E-state index in [0.29, 0.717) is 49.4 Å². The number of fused-ring (bicyclic) bond motifs is 1. The minimum atomic E-state index is 0.0536. The Morgan fingerprint density at radius 1 is 1.11 bits per heavy atom. The summed E-state index contributed by atoms with van der Waals surface area (Å²) in [4.78, 5) is 14.8. The smallest absolute Gasteiger partial charge is 0.227 e. The molecule has 0 fully saturated rings. The Hall–Kier alpha value is -2.24. The molecule has 150 valence electrons. The van der Waals surface area contributed by atoms with Gasteiger partial charge in [0.2, 0.25) is 5.91 Å². The third-order valence-corrected chi connectivity index (χ3v) is 4.95. The molecule has 1 amide bonds. The maximum absolute atomic E-state index is 12.9. The Bertz CT molecular complexity index is 782. The monoisotopic (exact) mass is 403 g/mol. The average molecular weight is 404 g/mol. The SMILES string of the molecule is COCCN(CCCc1ccccc1)C(=O)Cc1cc(Cl)c2c(c1)OCCO2. The molecule has 2 aromatic carbocycles. The lowest BCUT2D eigenvalue weighted by atomic mass is 10.1. The van der Waals surface area contributed by atoms with Crippen molar-refractivity contribution < 1.29 is 19.0 Å². The van der Waals surface area contributed by atoms with Gasteiger partial charge in [0.1, 0.15) is 13.2 Å². The van der Waals surface area contributed by atoms with Gasteiger partial charge >= 0.3 is 0 Å². The Balaban J connectivity index is 1.61. The fourth-order valence-corrected chi connectivity index (χ4v) is 3.52. The van der Waals surface area contributed by atoms with Crippen LogP contribution in [0.15, 0.2) is 42.5 Å². The van der Waals surface area contributed by atoms with Gasteiger partial charge in [-0.2, -0.15) is 0 Å². The van der Waals surface area contributed by atoms with E-state index in [0.717, 1.165) is 18.4 Å². The average Bonchev–Trinajstić information content (AvgIpc) is 2.71. The minimum Gasteiger partial charge on any atom is -0.486 e. The number of ether oxygens (including phenoxy) is 3. The van der Waals surface area contributed by atoms with Crippen molar-refractivity contribution in [1.29, 1.82) is 0 Å². The first kappa shape index (κ1) is 20.5. The number of methoxy groups -OCH3 is 1. The summed E-state index contributed by atoms with van der Waals surface area (Å²) in [5.41, 5.74) is 2.10. The number of benzene rings is 2. The summed E-state index contributed by atoms with van der Waals surface area (Å²) >= 11 is 6.30. The van der Waals surface area contributed by atoms with Gasteiger partial charge in [-0.1, -0.05) is 41.9 Å². The summed E-state index contributed by atoms with van der Waals surface area (Å²) in [6, 6.07) is 13.9. The van der Waals surface area contributed by atoms with Crippen molar-refractivity contribution in [3.8, 4) is 11.5 Å². The Morgan fingerprint density at radius 3 is 2.68 bits per heavy atom. The van der Waals surface area contributed by atoms with E-state index in [4.69, 9.17) is 25.8 Å². The van der Waals surface area contributed by atoms with Crippen LogP contribution in [0.3, 0.4) is 0 Å². The molecule has 0 aliphatic carbocycles. The van der Waals surface area contributed by atoms with Crippen molar-refractivity contribution in [3.05, 3.63) is 58.6 Å². The van der Waals surface area contributed by atoms with Crippen LogP contribution >= 0.6 is 11.6 Å². The highest BCUT2D eigenvalue weighted by Crippen LogP contribution is 2.38. The maximum atomic E-state index is 12.9. The third kappa shape index (κ3) is 5.63. The number of hydrogen-bond acceptors (Lipinski definition) is 4. The second kappa shape index (κ2) is 10.3. The summed E-state index contributed by atoms with van der Waals surface area (Å²) in [6.07, 6.45) is 2.11. The van der Waals surface area contributed by atoms with E-state index < -0.39 is 0 Å². The number of aryl methyl sites for hydroxylation is 1. The van der Waals surface area contributed by atoms with Crippen molar-refractivity contribution in [1.82, 2.24) is 4.90 Å². The number of rotatable bonds is 9. The Labute approximate surface area is 171 Å². The second-order valence-corrected chi connectivity index (χ2v) is 7.15. The molecule has 0 unspecified atom stereocenters. The molecular formula is C22H26ClNO4. The number of carbonyl (C=O) groups excluding carboxylic acids is 1. The maximum Gasteiger partial charge on any atom is 0.227 e. The molecule has 0 atom stereocenters. The highest BCUT2D eigenvalue weighted by molar-refractivity contribution is 6.32. The molecule has 1 aliphatic rings. The topological polar surface area (TPSA) is 48.0 Å². The van der Waals surface area contributed by atoms with Gasteiger partial charge in [-0.3, -0.25) is 4.79 Å². The van der Waals surface area contributed by atoms with Gasteiger partial charge in [-0.05, 0) is 36.1 Å². The Morgan fingerprint density at radius 2 is 1.89 bits per heavy atom. The Kier molecular flexibility index (Phi) is 7.57. The largest absolute Gasteiger partial charge is 0.486 e. The molecule has 2 aromatic rings. The highest BCUT2D eigenvalue weighted by atomic mass is 35.5. The molecule has 0 aromatic heterocycles. The summed E-state index contributed by atoms with van der Waals surface area (Å²) in [5.74, 6) is 1.22. The van der Waals surface area contributed by atoms with E-state index in [9.17, 15) is 4.79 Å². The molecule has 0 saturated carbocycles. The predicted molar refractivity (Wildman–Crippen MR) is 109 cm³/mol. The zero-order chi connectivity index (χ0) is 19.8. The molecule has 0 saturated heterocycles. The number of amides is 1. The van der Waals surface area contributed by atoms with Gasteiger partial charge in [0.05, 0.1) is 18.1 Å². The normalized spacial score (nSPS) is 12.6. The van der Waals surface area contributed by atoms with Gasteiger partial charge in [0.25, 0.3) is 0 Å². The van der Waals surface area contributed by atoms with Crippen LogP contribution in [0.4, 0.5) is 0 Å².